The van der Waals surface area contributed by atoms with Crippen LogP contribution < -0.4 is 5.56 Å². The number of nitrogens with one attached hydrogen (secondary N) is 1. The Morgan fingerprint density at radius 1 is 1.04 bits per heavy atom. The molecule has 1 aromatic heterocycles. The van der Waals surface area contributed by atoms with Crippen molar-refractivity contribution in [1.82, 2.24) is 4.98 Å². The predicted octanol–water partition coefficient (Wildman–Crippen LogP) is 4.80. The summed E-state index contributed by atoms with van der Waals surface area (Å²) in [7, 11) is 0. The van der Waals surface area contributed by atoms with Gasteiger partial charge in [-0.3, -0.25) is 4.79 Å². The molecule has 0 aliphatic carbocycles. The standard InChI is InChI=1S/C23H25NO3/c1-14-10-16(23(3,4)5)11-15(2)19(14)13-27-22(26)18-12-21(25)24-20-9-7-6-8-17(18)20/h6-12H,13H2,1-5H3,(H,24,25). The molecule has 27 heavy (non-hydrogen) atoms. The number of carbonyl (C=O) groups excluding carboxylic acids is 1. The summed E-state index contributed by atoms with van der Waals surface area (Å²) in [6.07, 6.45) is 0. The van der Waals surface area contributed by atoms with Gasteiger partial charge in [0, 0.05) is 17.0 Å². The van der Waals surface area contributed by atoms with E-state index in [4.69, 9.17) is 4.74 Å². The van der Waals surface area contributed by atoms with E-state index in [0.29, 0.717) is 10.9 Å². The Hall–Kier alpha value is -2.88. The molecule has 3 aromatic rings. The Morgan fingerprint density at radius 2 is 1.67 bits per heavy atom. The predicted molar refractivity (Wildman–Crippen MR) is 108 cm³/mol. The van der Waals surface area contributed by atoms with Gasteiger partial charge in [-0.1, -0.05) is 51.1 Å². The second-order valence-electron chi connectivity index (χ2n) is 8.01. The Morgan fingerprint density at radius 3 is 2.30 bits per heavy atom. The molecule has 0 amide bonds. The summed E-state index contributed by atoms with van der Waals surface area (Å²) >= 11 is 0. The number of hydrogen-bond donors (Lipinski definition) is 1. The molecular weight excluding hydrogens is 338 g/mol. The van der Waals surface area contributed by atoms with Crippen LogP contribution in [0.15, 0.2) is 47.3 Å². The maximum absolute atomic E-state index is 12.7. The highest BCUT2D eigenvalue weighted by Crippen LogP contribution is 2.27. The van der Waals surface area contributed by atoms with Gasteiger partial charge in [-0.25, -0.2) is 4.79 Å². The Bertz CT molecular complexity index is 1050. The average Bonchev–Trinajstić information content (AvgIpc) is 2.59. The summed E-state index contributed by atoms with van der Waals surface area (Å²) in [5.74, 6) is -0.490. The van der Waals surface area contributed by atoms with Crippen LogP contribution in [-0.2, 0) is 16.8 Å². The first kappa shape index (κ1) is 18.9. The molecule has 3 rings (SSSR count). The van der Waals surface area contributed by atoms with Crippen molar-refractivity contribution in [3.8, 4) is 0 Å². The minimum absolute atomic E-state index is 0.0642. The molecule has 0 radical (unpaired) electrons. The van der Waals surface area contributed by atoms with E-state index >= 15 is 0 Å². The van der Waals surface area contributed by atoms with Crippen LogP contribution in [0, 0.1) is 13.8 Å². The molecule has 0 spiro atoms. The van der Waals surface area contributed by atoms with Crippen molar-refractivity contribution in [2.45, 2.75) is 46.6 Å². The lowest BCUT2D eigenvalue weighted by Gasteiger charge is -2.22. The normalized spacial score (nSPS) is 11.6. The molecule has 1 N–H and O–H groups in total. The van der Waals surface area contributed by atoms with Crippen LogP contribution in [0.5, 0.6) is 0 Å². The van der Waals surface area contributed by atoms with Crippen molar-refractivity contribution in [1.29, 1.82) is 0 Å². The average molecular weight is 363 g/mol. The lowest BCUT2D eigenvalue weighted by molar-refractivity contribution is 0.0473. The molecule has 0 aliphatic heterocycles. The fraction of sp³-hybridized carbons (Fsp3) is 0.304. The number of hydrogen-bond acceptors (Lipinski definition) is 3. The summed E-state index contributed by atoms with van der Waals surface area (Å²) in [6.45, 7) is 10.8. The number of esters is 1. The number of aryl methyl sites for hydroxylation is 2. The zero-order valence-corrected chi connectivity index (χ0v) is 16.5. The molecule has 4 nitrogen and oxygen atoms in total. The van der Waals surface area contributed by atoms with Gasteiger partial charge in [0.15, 0.2) is 0 Å². The van der Waals surface area contributed by atoms with Crippen LogP contribution >= 0.6 is 0 Å². The van der Waals surface area contributed by atoms with Gasteiger partial charge >= 0.3 is 5.97 Å². The second kappa shape index (κ2) is 7.03. The molecule has 0 saturated heterocycles. The largest absolute Gasteiger partial charge is 0.457 e. The number of ether oxygens (including phenoxy) is 1. The lowest BCUT2D eigenvalue weighted by atomic mass is 9.84. The number of pyridine rings is 1. The van der Waals surface area contributed by atoms with E-state index in [2.05, 4.69) is 37.9 Å². The summed E-state index contributed by atoms with van der Waals surface area (Å²) in [6, 6.07) is 12.8. The fourth-order valence-corrected chi connectivity index (χ4v) is 3.24. The van der Waals surface area contributed by atoms with Crippen molar-refractivity contribution in [2.24, 2.45) is 0 Å². The van der Waals surface area contributed by atoms with Crippen molar-refractivity contribution in [3.05, 3.63) is 80.6 Å². The zero-order valence-electron chi connectivity index (χ0n) is 16.5. The van der Waals surface area contributed by atoms with Gasteiger partial charge in [0.1, 0.15) is 6.61 Å². The van der Waals surface area contributed by atoms with Crippen molar-refractivity contribution >= 4 is 16.9 Å². The number of aromatic amines is 1. The molecule has 0 fully saturated rings. The molecule has 0 bridgehead atoms. The molecule has 4 heteroatoms. The summed E-state index contributed by atoms with van der Waals surface area (Å²) in [5, 5.41) is 0.679. The third-order valence-electron chi connectivity index (χ3n) is 4.88. The summed E-state index contributed by atoms with van der Waals surface area (Å²) < 4.78 is 5.57. The van der Waals surface area contributed by atoms with Crippen LogP contribution in [0.2, 0.25) is 0 Å². The maximum Gasteiger partial charge on any atom is 0.339 e. The minimum atomic E-state index is -0.490. The van der Waals surface area contributed by atoms with Gasteiger partial charge in [-0.2, -0.15) is 0 Å². The number of aromatic nitrogens is 1. The van der Waals surface area contributed by atoms with Gasteiger partial charge in [0.05, 0.1) is 5.56 Å². The van der Waals surface area contributed by atoms with Crippen LogP contribution in [-0.4, -0.2) is 11.0 Å². The van der Waals surface area contributed by atoms with Gasteiger partial charge < -0.3 is 9.72 Å². The SMILES string of the molecule is Cc1cc(C(C)(C)C)cc(C)c1COC(=O)c1cc(=O)[nH]c2ccccc12. The molecule has 0 atom stereocenters. The van der Waals surface area contributed by atoms with Crippen molar-refractivity contribution in [2.75, 3.05) is 0 Å². The van der Waals surface area contributed by atoms with Gasteiger partial charge in [-0.05, 0) is 47.6 Å². The monoisotopic (exact) mass is 363 g/mol. The molecule has 0 saturated carbocycles. The Balaban J connectivity index is 1.88. The summed E-state index contributed by atoms with van der Waals surface area (Å²) in [4.78, 5) is 27.3. The fourth-order valence-electron chi connectivity index (χ4n) is 3.24. The number of H-pyrrole nitrogens is 1. The number of benzene rings is 2. The number of fused-ring (bicyclic) bond motifs is 1. The van der Waals surface area contributed by atoms with Gasteiger partial charge in [0.2, 0.25) is 5.56 Å². The lowest BCUT2D eigenvalue weighted by Crippen LogP contribution is -2.15. The third-order valence-corrected chi connectivity index (χ3v) is 4.88. The van der Waals surface area contributed by atoms with Gasteiger partial charge in [-0.15, -0.1) is 0 Å². The van der Waals surface area contributed by atoms with Crippen LogP contribution in [0.4, 0.5) is 0 Å². The topological polar surface area (TPSA) is 59.2 Å². The van der Waals surface area contributed by atoms with E-state index < -0.39 is 5.97 Å². The smallest absolute Gasteiger partial charge is 0.339 e. The summed E-state index contributed by atoms with van der Waals surface area (Å²) in [5.41, 5.74) is 5.12. The Kier molecular flexibility index (Phi) is 4.92. The van der Waals surface area contributed by atoms with Crippen molar-refractivity contribution < 1.29 is 9.53 Å². The molecule has 0 unspecified atom stereocenters. The highest BCUT2D eigenvalue weighted by Gasteiger charge is 2.18. The first-order valence-electron chi connectivity index (χ1n) is 9.06. The van der Waals surface area contributed by atoms with Crippen molar-refractivity contribution in [3.63, 3.8) is 0 Å². The Labute approximate surface area is 159 Å². The van der Waals surface area contributed by atoms with E-state index in [1.54, 1.807) is 12.1 Å². The number of carbonyl (C=O) groups is 1. The van der Waals surface area contributed by atoms with E-state index in [1.807, 2.05) is 26.0 Å². The van der Waals surface area contributed by atoms with Gasteiger partial charge in [0.25, 0.3) is 0 Å². The van der Waals surface area contributed by atoms with Crippen LogP contribution in [0.25, 0.3) is 10.9 Å². The number of rotatable bonds is 3. The molecule has 1 heterocycles. The second-order valence-corrected chi connectivity index (χ2v) is 8.01. The van der Waals surface area contributed by atoms with E-state index in [0.717, 1.165) is 16.7 Å². The highest BCUT2D eigenvalue weighted by atomic mass is 16.5. The van der Waals surface area contributed by atoms with E-state index in [-0.39, 0.29) is 23.1 Å². The quantitative estimate of drug-likeness (QED) is 0.680. The van der Waals surface area contributed by atoms with Crippen LogP contribution in [0.3, 0.4) is 0 Å². The van der Waals surface area contributed by atoms with Crippen LogP contribution in [0.1, 0.15) is 53.4 Å². The maximum atomic E-state index is 12.7. The first-order chi connectivity index (χ1) is 12.7. The van der Waals surface area contributed by atoms with E-state index in [9.17, 15) is 9.59 Å². The minimum Gasteiger partial charge on any atom is -0.457 e. The number of para-hydroxylation sites is 1. The first-order valence-corrected chi connectivity index (χ1v) is 9.06. The third kappa shape index (κ3) is 3.95. The zero-order chi connectivity index (χ0) is 19.8. The molecule has 2 aromatic carbocycles. The van der Waals surface area contributed by atoms with E-state index in [1.165, 1.54) is 11.6 Å². The molecular formula is C23H25NO3. The molecule has 140 valence electrons. The molecule has 0 aliphatic rings. The highest BCUT2D eigenvalue weighted by molar-refractivity contribution is 6.03.